The van der Waals surface area contributed by atoms with Crippen LogP contribution in [0.25, 0.3) is 0 Å². The van der Waals surface area contributed by atoms with E-state index in [0.717, 1.165) is 5.56 Å². The molecular formula is C18H26F3N3O3. The summed E-state index contributed by atoms with van der Waals surface area (Å²) in [5.41, 5.74) is 0.845. The second kappa shape index (κ2) is 9.80. The molecule has 1 heterocycles. The Labute approximate surface area is 157 Å². The number of alkyl halides is 3. The zero-order valence-corrected chi connectivity index (χ0v) is 15.6. The highest BCUT2D eigenvalue weighted by atomic mass is 19.4. The van der Waals surface area contributed by atoms with Gasteiger partial charge >= 0.3 is 6.18 Å². The Balaban J connectivity index is 1.87. The standard InChI is InChI=1S/C18H26F3N3O3/c1-26-14-5-3-13(11-15(14)27-2)4-6-17(25)23-12-16(18(19,20)21)24-9-7-22-8-10-24/h3,5,11,16,22H,4,6-10,12H2,1-2H3,(H,23,25). The second-order valence-corrected chi connectivity index (χ2v) is 6.34. The van der Waals surface area contributed by atoms with Gasteiger partial charge in [-0.15, -0.1) is 0 Å². The molecule has 9 heteroatoms. The lowest BCUT2D eigenvalue weighted by Gasteiger charge is -2.35. The van der Waals surface area contributed by atoms with Crippen LogP contribution in [0, 0.1) is 0 Å². The van der Waals surface area contributed by atoms with E-state index in [1.54, 1.807) is 18.2 Å². The normalized spacial score (nSPS) is 16.6. The van der Waals surface area contributed by atoms with Crippen LogP contribution >= 0.6 is 0 Å². The van der Waals surface area contributed by atoms with E-state index >= 15 is 0 Å². The van der Waals surface area contributed by atoms with Crippen molar-refractivity contribution in [2.45, 2.75) is 25.1 Å². The van der Waals surface area contributed by atoms with Crippen molar-refractivity contribution in [3.63, 3.8) is 0 Å². The topological polar surface area (TPSA) is 62.8 Å². The Morgan fingerprint density at radius 2 is 1.89 bits per heavy atom. The third-order valence-electron chi connectivity index (χ3n) is 4.55. The highest BCUT2D eigenvalue weighted by molar-refractivity contribution is 5.76. The largest absolute Gasteiger partial charge is 0.493 e. The van der Waals surface area contributed by atoms with E-state index in [2.05, 4.69) is 10.6 Å². The van der Waals surface area contributed by atoms with Crippen molar-refractivity contribution < 1.29 is 27.4 Å². The summed E-state index contributed by atoms with van der Waals surface area (Å²) >= 11 is 0. The van der Waals surface area contributed by atoms with E-state index in [-0.39, 0.29) is 6.42 Å². The first-order chi connectivity index (χ1) is 12.8. The first-order valence-electron chi connectivity index (χ1n) is 8.84. The molecule has 2 N–H and O–H groups in total. The number of amides is 1. The highest BCUT2D eigenvalue weighted by Crippen LogP contribution is 2.28. The molecule has 1 aliphatic rings. The summed E-state index contributed by atoms with van der Waals surface area (Å²) < 4.78 is 50.3. The van der Waals surface area contributed by atoms with E-state index in [1.807, 2.05) is 0 Å². The van der Waals surface area contributed by atoms with Crippen molar-refractivity contribution in [2.24, 2.45) is 0 Å². The van der Waals surface area contributed by atoms with E-state index in [0.29, 0.717) is 44.1 Å². The molecule has 0 spiro atoms. The van der Waals surface area contributed by atoms with Crippen LogP contribution in [0.15, 0.2) is 18.2 Å². The van der Waals surface area contributed by atoms with Crippen LogP contribution in [0.2, 0.25) is 0 Å². The number of nitrogens with zero attached hydrogens (tertiary/aromatic N) is 1. The summed E-state index contributed by atoms with van der Waals surface area (Å²) in [5, 5.41) is 5.46. The summed E-state index contributed by atoms with van der Waals surface area (Å²) in [4.78, 5) is 13.4. The molecule has 27 heavy (non-hydrogen) atoms. The third-order valence-corrected chi connectivity index (χ3v) is 4.55. The molecule has 6 nitrogen and oxygen atoms in total. The van der Waals surface area contributed by atoms with Crippen LogP contribution in [-0.4, -0.2) is 70.0 Å². The number of hydrogen-bond acceptors (Lipinski definition) is 5. The number of halogens is 3. The van der Waals surface area contributed by atoms with Crippen LogP contribution in [0.5, 0.6) is 11.5 Å². The second-order valence-electron chi connectivity index (χ2n) is 6.34. The molecule has 1 aliphatic heterocycles. The zero-order chi connectivity index (χ0) is 19.9. The molecule has 0 aliphatic carbocycles. The molecule has 1 unspecified atom stereocenters. The van der Waals surface area contributed by atoms with Crippen molar-refractivity contribution in [1.82, 2.24) is 15.5 Å². The number of hydrogen-bond donors (Lipinski definition) is 2. The van der Waals surface area contributed by atoms with Gasteiger partial charge in [-0.25, -0.2) is 0 Å². The molecule has 0 bridgehead atoms. The molecule has 152 valence electrons. The fourth-order valence-electron chi connectivity index (χ4n) is 3.04. The van der Waals surface area contributed by atoms with Gasteiger partial charge in [-0.2, -0.15) is 13.2 Å². The monoisotopic (exact) mass is 389 g/mol. The summed E-state index contributed by atoms with van der Waals surface area (Å²) in [7, 11) is 3.04. The molecule has 0 saturated carbocycles. The average molecular weight is 389 g/mol. The van der Waals surface area contributed by atoms with E-state index in [4.69, 9.17) is 9.47 Å². The molecule has 1 atom stereocenters. The van der Waals surface area contributed by atoms with Gasteiger partial charge in [0, 0.05) is 39.1 Å². The maximum absolute atomic E-state index is 13.3. The smallest absolute Gasteiger partial charge is 0.405 e. The molecule has 1 aromatic carbocycles. The Morgan fingerprint density at radius 3 is 2.48 bits per heavy atom. The third kappa shape index (κ3) is 6.28. The number of rotatable bonds is 8. The predicted octanol–water partition coefficient (Wildman–Crippen LogP) is 1.59. The minimum atomic E-state index is -4.38. The van der Waals surface area contributed by atoms with Crippen molar-refractivity contribution in [2.75, 3.05) is 46.9 Å². The minimum absolute atomic E-state index is 0.0988. The number of aryl methyl sites for hydroxylation is 1. The Hall–Kier alpha value is -2.00. The molecule has 2 rings (SSSR count). The van der Waals surface area contributed by atoms with Crippen LogP contribution in [0.1, 0.15) is 12.0 Å². The maximum Gasteiger partial charge on any atom is 0.405 e. The fraction of sp³-hybridized carbons (Fsp3) is 0.611. The number of benzene rings is 1. The van der Waals surface area contributed by atoms with Gasteiger partial charge in [0.05, 0.1) is 14.2 Å². The highest BCUT2D eigenvalue weighted by Gasteiger charge is 2.43. The van der Waals surface area contributed by atoms with Crippen LogP contribution in [0.3, 0.4) is 0 Å². The first kappa shape index (κ1) is 21.3. The molecule has 1 aromatic rings. The van der Waals surface area contributed by atoms with Gasteiger partial charge in [-0.05, 0) is 24.1 Å². The number of piperazine rings is 1. The van der Waals surface area contributed by atoms with Gasteiger partial charge in [-0.1, -0.05) is 6.07 Å². The van der Waals surface area contributed by atoms with Gasteiger partial charge in [0.25, 0.3) is 0 Å². The zero-order valence-electron chi connectivity index (χ0n) is 15.6. The first-order valence-corrected chi connectivity index (χ1v) is 8.84. The SMILES string of the molecule is COc1ccc(CCC(=O)NCC(N2CCNCC2)C(F)(F)F)cc1OC. The number of carbonyl (C=O) groups excluding carboxylic acids is 1. The van der Waals surface area contributed by atoms with E-state index in [1.165, 1.54) is 19.1 Å². The van der Waals surface area contributed by atoms with Gasteiger partial charge in [0.1, 0.15) is 6.04 Å². The van der Waals surface area contributed by atoms with Gasteiger partial charge in [-0.3, -0.25) is 9.69 Å². The van der Waals surface area contributed by atoms with Crippen LogP contribution in [-0.2, 0) is 11.2 Å². The average Bonchev–Trinajstić information content (AvgIpc) is 2.66. The van der Waals surface area contributed by atoms with Crippen LogP contribution < -0.4 is 20.1 Å². The Bertz CT molecular complexity index is 620. The predicted molar refractivity (Wildman–Crippen MR) is 95.2 cm³/mol. The van der Waals surface area contributed by atoms with Crippen molar-refractivity contribution in [3.8, 4) is 11.5 Å². The molecule has 0 radical (unpaired) electrons. The quantitative estimate of drug-likeness (QED) is 0.707. The summed E-state index contributed by atoms with van der Waals surface area (Å²) in [5.74, 6) is 0.718. The number of methoxy groups -OCH3 is 2. The van der Waals surface area contributed by atoms with E-state index in [9.17, 15) is 18.0 Å². The van der Waals surface area contributed by atoms with Crippen LogP contribution in [0.4, 0.5) is 13.2 Å². The summed E-state index contributed by atoms with van der Waals surface area (Å²) in [6.45, 7) is 1.21. The lowest BCUT2D eigenvalue weighted by atomic mass is 10.1. The minimum Gasteiger partial charge on any atom is -0.493 e. The summed E-state index contributed by atoms with van der Waals surface area (Å²) in [6, 6.07) is 3.62. The van der Waals surface area contributed by atoms with Gasteiger partial charge in [0.15, 0.2) is 11.5 Å². The lowest BCUT2D eigenvalue weighted by molar-refractivity contribution is -0.184. The van der Waals surface area contributed by atoms with Crippen molar-refractivity contribution in [1.29, 1.82) is 0 Å². The van der Waals surface area contributed by atoms with Gasteiger partial charge < -0.3 is 20.1 Å². The number of nitrogens with one attached hydrogen (secondary N) is 2. The molecule has 1 fully saturated rings. The summed E-state index contributed by atoms with van der Waals surface area (Å²) in [6.07, 6.45) is -3.88. The number of carbonyl (C=O) groups is 1. The number of ether oxygens (including phenoxy) is 2. The molecular weight excluding hydrogens is 363 g/mol. The van der Waals surface area contributed by atoms with Crippen molar-refractivity contribution >= 4 is 5.91 Å². The molecule has 0 aromatic heterocycles. The lowest BCUT2D eigenvalue weighted by Crippen LogP contribution is -2.57. The van der Waals surface area contributed by atoms with Gasteiger partial charge in [0.2, 0.25) is 5.91 Å². The van der Waals surface area contributed by atoms with Crippen molar-refractivity contribution in [3.05, 3.63) is 23.8 Å². The Morgan fingerprint density at radius 1 is 1.22 bits per heavy atom. The molecule has 1 amide bonds. The Kier molecular flexibility index (Phi) is 7.73. The van der Waals surface area contributed by atoms with E-state index < -0.39 is 24.7 Å². The fourth-order valence-corrected chi connectivity index (χ4v) is 3.04. The maximum atomic E-state index is 13.3. The molecule has 1 saturated heterocycles.